The number of urea groups is 1. The van der Waals surface area contributed by atoms with Gasteiger partial charge in [0.15, 0.2) is 5.13 Å². The lowest BCUT2D eigenvalue weighted by molar-refractivity contribution is 0.253. The van der Waals surface area contributed by atoms with Crippen LogP contribution in [0.1, 0.15) is 5.56 Å². The van der Waals surface area contributed by atoms with Crippen LogP contribution < -0.4 is 10.6 Å². The van der Waals surface area contributed by atoms with E-state index in [9.17, 15) is 4.79 Å². The minimum atomic E-state index is -0.273. The van der Waals surface area contributed by atoms with Gasteiger partial charge in [0.2, 0.25) is 0 Å². The molecule has 5 heteroatoms. The maximum absolute atomic E-state index is 11.5. The first-order chi connectivity index (χ1) is 9.19. The monoisotopic (exact) mass is 273 g/mol. The Hall–Kier alpha value is -2.14. The van der Waals surface area contributed by atoms with Crippen LogP contribution in [-0.2, 0) is 0 Å². The van der Waals surface area contributed by atoms with Gasteiger partial charge in [-0.2, -0.15) is 0 Å². The zero-order valence-electron chi connectivity index (χ0n) is 10.6. The largest absolute Gasteiger partial charge is 0.334 e. The van der Waals surface area contributed by atoms with Crippen molar-refractivity contribution < 1.29 is 4.79 Å². The first-order valence-electron chi connectivity index (χ1n) is 5.87. The van der Waals surface area contributed by atoms with Gasteiger partial charge in [-0.3, -0.25) is 5.32 Å². The van der Waals surface area contributed by atoms with Crippen LogP contribution >= 0.6 is 11.3 Å². The zero-order valence-corrected chi connectivity index (χ0v) is 11.5. The van der Waals surface area contributed by atoms with E-state index >= 15 is 0 Å². The number of hydrogen-bond acceptors (Lipinski definition) is 3. The summed E-state index contributed by atoms with van der Waals surface area (Å²) in [5.74, 6) is 0. The van der Waals surface area contributed by atoms with Crippen molar-refractivity contribution in [3.05, 3.63) is 47.9 Å². The molecule has 2 amide bonds. The molecule has 0 saturated carbocycles. The number of rotatable bonds is 4. The molecule has 1 aromatic heterocycles. The van der Waals surface area contributed by atoms with E-state index in [4.69, 9.17) is 0 Å². The normalized spacial score (nSPS) is 9.95. The van der Waals surface area contributed by atoms with Crippen molar-refractivity contribution >= 4 is 22.5 Å². The Labute approximate surface area is 116 Å². The number of aromatic nitrogens is 1. The molecular formula is C14H15N3OS. The second-order valence-electron chi connectivity index (χ2n) is 4.03. The molecule has 0 atom stereocenters. The number of amides is 2. The fraction of sp³-hybridized carbons (Fsp3) is 0.143. The highest BCUT2D eigenvalue weighted by Crippen LogP contribution is 2.24. The number of aryl methyl sites for hydroxylation is 1. The van der Waals surface area contributed by atoms with Crippen molar-refractivity contribution in [3.8, 4) is 11.3 Å². The number of nitrogens with zero attached hydrogens (tertiary/aromatic N) is 1. The number of thiazole rings is 1. The summed E-state index contributed by atoms with van der Waals surface area (Å²) in [6, 6.07) is 7.85. The van der Waals surface area contributed by atoms with Crippen molar-refractivity contribution in [2.45, 2.75) is 6.92 Å². The van der Waals surface area contributed by atoms with E-state index in [1.54, 1.807) is 6.08 Å². The van der Waals surface area contributed by atoms with Gasteiger partial charge in [0.1, 0.15) is 0 Å². The van der Waals surface area contributed by atoms with Crippen LogP contribution in [0.3, 0.4) is 0 Å². The average Bonchev–Trinajstić information content (AvgIpc) is 2.85. The van der Waals surface area contributed by atoms with Gasteiger partial charge in [0.05, 0.1) is 5.69 Å². The van der Waals surface area contributed by atoms with Gasteiger partial charge in [0.25, 0.3) is 0 Å². The second-order valence-corrected chi connectivity index (χ2v) is 4.89. The van der Waals surface area contributed by atoms with Crippen molar-refractivity contribution in [2.75, 3.05) is 11.9 Å². The van der Waals surface area contributed by atoms with Crippen molar-refractivity contribution in [2.24, 2.45) is 0 Å². The first-order valence-corrected chi connectivity index (χ1v) is 6.75. The minimum absolute atomic E-state index is 0.273. The molecule has 0 aliphatic rings. The van der Waals surface area contributed by atoms with Gasteiger partial charge >= 0.3 is 6.03 Å². The fourth-order valence-corrected chi connectivity index (χ4v) is 2.21. The Morgan fingerprint density at radius 2 is 2.16 bits per heavy atom. The summed E-state index contributed by atoms with van der Waals surface area (Å²) in [6.07, 6.45) is 1.62. The smallest absolute Gasteiger partial charge is 0.321 e. The van der Waals surface area contributed by atoms with Crippen LogP contribution in [0.15, 0.2) is 42.3 Å². The highest BCUT2D eigenvalue weighted by Gasteiger charge is 2.06. The number of hydrogen-bond donors (Lipinski definition) is 2. The van der Waals surface area contributed by atoms with Gasteiger partial charge in [-0.05, 0) is 6.92 Å². The number of benzene rings is 1. The van der Waals surface area contributed by atoms with E-state index in [0.717, 1.165) is 11.3 Å². The highest BCUT2D eigenvalue weighted by atomic mass is 32.1. The third-order valence-electron chi connectivity index (χ3n) is 2.48. The van der Waals surface area contributed by atoms with Crippen LogP contribution in [0.4, 0.5) is 9.93 Å². The quantitative estimate of drug-likeness (QED) is 0.839. The number of nitrogens with one attached hydrogen (secondary N) is 2. The number of carbonyl (C=O) groups is 1. The molecule has 1 heterocycles. The predicted molar refractivity (Wildman–Crippen MR) is 79.5 cm³/mol. The summed E-state index contributed by atoms with van der Waals surface area (Å²) in [5.41, 5.74) is 3.12. The van der Waals surface area contributed by atoms with E-state index in [0.29, 0.717) is 11.7 Å². The second kappa shape index (κ2) is 6.15. The third-order valence-corrected chi connectivity index (χ3v) is 3.24. The average molecular weight is 273 g/mol. The van der Waals surface area contributed by atoms with E-state index < -0.39 is 0 Å². The standard InChI is InChI=1S/C14H15N3OS/c1-3-8-15-13(18)17-14-16-12(9-19-14)11-6-4-10(2)5-7-11/h3-7,9H,1,8H2,2H3,(H2,15,16,17,18). The lowest BCUT2D eigenvalue weighted by Gasteiger charge is -2.01. The van der Waals surface area contributed by atoms with Crippen LogP contribution in [0.2, 0.25) is 0 Å². The molecule has 0 radical (unpaired) electrons. The summed E-state index contributed by atoms with van der Waals surface area (Å²) < 4.78 is 0. The Morgan fingerprint density at radius 1 is 1.42 bits per heavy atom. The molecule has 2 aromatic rings. The summed E-state index contributed by atoms with van der Waals surface area (Å²) in [7, 11) is 0. The molecule has 0 saturated heterocycles. The molecule has 0 unspecified atom stereocenters. The molecule has 4 nitrogen and oxygen atoms in total. The van der Waals surface area contributed by atoms with Crippen molar-refractivity contribution in [1.82, 2.24) is 10.3 Å². The molecule has 2 N–H and O–H groups in total. The van der Waals surface area contributed by atoms with Gasteiger partial charge < -0.3 is 5.32 Å². The van der Waals surface area contributed by atoms with Crippen LogP contribution in [-0.4, -0.2) is 17.6 Å². The van der Waals surface area contributed by atoms with Crippen LogP contribution in [0, 0.1) is 6.92 Å². The zero-order chi connectivity index (χ0) is 13.7. The Kier molecular flexibility index (Phi) is 4.30. The first kappa shape index (κ1) is 13.3. The molecule has 19 heavy (non-hydrogen) atoms. The molecule has 0 fully saturated rings. The number of anilines is 1. The predicted octanol–water partition coefficient (Wildman–Crippen LogP) is 3.43. The molecule has 0 aliphatic carbocycles. The van der Waals surface area contributed by atoms with Crippen molar-refractivity contribution in [1.29, 1.82) is 0 Å². The summed E-state index contributed by atoms with van der Waals surface area (Å²) in [4.78, 5) is 15.8. The molecule has 2 rings (SSSR count). The topological polar surface area (TPSA) is 54.0 Å². The Balaban J connectivity index is 2.04. The third kappa shape index (κ3) is 3.66. The molecule has 0 spiro atoms. The lowest BCUT2D eigenvalue weighted by Crippen LogP contribution is -2.28. The molecule has 0 aliphatic heterocycles. The lowest BCUT2D eigenvalue weighted by atomic mass is 10.1. The Bertz CT molecular complexity index is 575. The molecule has 0 bridgehead atoms. The van der Waals surface area contributed by atoms with E-state index in [1.807, 2.05) is 36.6 Å². The van der Waals surface area contributed by atoms with Crippen molar-refractivity contribution in [3.63, 3.8) is 0 Å². The SMILES string of the molecule is C=CCNC(=O)Nc1nc(-c2ccc(C)cc2)cs1. The molecule has 98 valence electrons. The van der Waals surface area contributed by atoms with E-state index in [-0.39, 0.29) is 6.03 Å². The highest BCUT2D eigenvalue weighted by molar-refractivity contribution is 7.14. The van der Waals surface area contributed by atoms with E-state index in [2.05, 4.69) is 22.2 Å². The van der Waals surface area contributed by atoms with Gasteiger partial charge in [-0.1, -0.05) is 35.9 Å². The fourth-order valence-electron chi connectivity index (χ4n) is 1.49. The minimum Gasteiger partial charge on any atom is -0.334 e. The van der Waals surface area contributed by atoms with Crippen LogP contribution in [0.25, 0.3) is 11.3 Å². The maximum atomic E-state index is 11.5. The number of carbonyl (C=O) groups excluding carboxylic acids is 1. The van der Waals surface area contributed by atoms with Gasteiger partial charge in [0, 0.05) is 17.5 Å². The summed E-state index contributed by atoms with van der Waals surface area (Å²) in [5, 5.41) is 7.83. The maximum Gasteiger partial charge on any atom is 0.321 e. The molecule has 1 aromatic carbocycles. The summed E-state index contributed by atoms with van der Waals surface area (Å²) in [6.45, 7) is 6.01. The van der Waals surface area contributed by atoms with Gasteiger partial charge in [-0.15, -0.1) is 17.9 Å². The van der Waals surface area contributed by atoms with Crippen LogP contribution in [0.5, 0.6) is 0 Å². The van der Waals surface area contributed by atoms with Gasteiger partial charge in [-0.25, -0.2) is 9.78 Å². The van der Waals surface area contributed by atoms with E-state index in [1.165, 1.54) is 16.9 Å². The molecular weight excluding hydrogens is 258 g/mol. The summed E-state index contributed by atoms with van der Waals surface area (Å²) >= 11 is 1.40. The Morgan fingerprint density at radius 3 is 2.84 bits per heavy atom.